The second-order valence-corrected chi connectivity index (χ2v) is 6.82. The fourth-order valence-electron chi connectivity index (χ4n) is 3.91. The first-order valence-corrected chi connectivity index (χ1v) is 8.49. The number of piperidine rings is 1. The summed E-state index contributed by atoms with van der Waals surface area (Å²) >= 11 is 0. The Labute approximate surface area is 136 Å². The number of likely N-dealkylation sites (tertiary alicyclic amines) is 1. The first-order valence-electron chi connectivity index (χ1n) is 8.49. The number of nitrogens with zero attached hydrogens (tertiary/aromatic N) is 5. The molecule has 2 aromatic heterocycles. The Kier molecular flexibility index (Phi) is 3.67. The molecule has 4 rings (SSSR count). The third kappa shape index (κ3) is 2.66. The van der Waals surface area contributed by atoms with Crippen molar-refractivity contribution >= 4 is 5.91 Å². The van der Waals surface area contributed by atoms with Crippen molar-refractivity contribution in [3.8, 4) is 0 Å². The molecule has 0 N–H and O–H groups in total. The summed E-state index contributed by atoms with van der Waals surface area (Å²) in [5.41, 5.74) is 1.17. The summed E-state index contributed by atoms with van der Waals surface area (Å²) in [5, 5.41) is 4.28. The van der Waals surface area contributed by atoms with Gasteiger partial charge in [0.25, 0.3) is 0 Å². The van der Waals surface area contributed by atoms with Crippen LogP contribution in [0.2, 0.25) is 0 Å². The smallest absolute Gasteiger partial charge is 0.226 e. The zero-order chi connectivity index (χ0) is 15.8. The van der Waals surface area contributed by atoms with E-state index in [9.17, 15) is 4.79 Å². The van der Waals surface area contributed by atoms with Crippen molar-refractivity contribution in [2.45, 2.75) is 44.2 Å². The zero-order valence-electron chi connectivity index (χ0n) is 13.5. The maximum atomic E-state index is 13.0. The Hall–Kier alpha value is -2.11. The van der Waals surface area contributed by atoms with Gasteiger partial charge in [0.05, 0.1) is 18.6 Å². The van der Waals surface area contributed by atoms with Crippen molar-refractivity contribution in [2.24, 2.45) is 13.0 Å². The fraction of sp³-hybridized carbons (Fsp3) is 0.588. The van der Waals surface area contributed by atoms with Crippen molar-refractivity contribution in [3.05, 3.63) is 36.7 Å². The summed E-state index contributed by atoms with van der Waals surface area (Å²) in [6.07, 6.45) is 14.8. The van der Waals surface area contributed by atoms with E-state index >= 15 is 0 Å². The lowest BCUT2D eigenvalue weighted by Crippen LogP contribution is -2.45. The Morgan fingerprint density at radius 2 is 2.17 bits per heavy atom. The number of hydrogen-bond acceptors (Lipinski definition) is 3. The lowest BCUT2D eigenvalue weighted by molar-refractivity contribution is -0.143. The minimum Gasteiger partial charge on any atom is -0.335 e. The van der Waals surface area contributed by atoms with Crippen LogP contribution in [0.3, 0.4) is 0 Å². The molecule has 23 heavy (non-hydrogen) atoms. The average Bonchev–Trinajstić information content (AvgIpc) is 3.17. The highest BCUT2D eigenvalue weighted by Crippen LogP contribution is 2.41. The molecule has 1 unspecified atom stereocenters. The zero-order valence-corrected chi connectivity index (χ0v) is 13.5. The largest absolute Gasteiger partial charge is 0.335 e. The number of imidazole rings is 1. The first-order chi connectivity index (χ1) is 11.2. The molecule has 6 nitrogen and oxygen atoms in total. The van der Waals surface area contributed by atoms with E-state index in [1.54, 1.807) is 6.20 Å². The third-order valence-corrected chi connectivity index (χ3v) is 5.30. The highest BCUT2D eigenvalue weighted by atomic mass is 16.2. The Morgan fingerprint density at radius 3 is 2.87 bits per heavy atom. The van der Waals surface area contributed by atoms with E-state index in [4.69, 9.17) is 0 Å². The topological polar surface area (TPSA) is 56.0 Å². The van der Waals surface area contributed by atoms with Gasteiger partial charge >= 0.3 is 0 Å². The predicted molar refractivity (Wildman–Crippen MR) is 85.5 cm³/mol. The number of aryl methyl sites for hydroxylation is 1. The number of carbonyl (C=O) groups excluding carboxylic acids is 1. The van der Waals surface area contributed by atoms with Crippen LogP contribution in [-0.4, -0.2) is 36.7 Å². The van der Waals surface area contributed by atoms with Crippen LogP contribution in [-0.2, 0) is 11.8 Å². The number of rotatable bonds is 3. The normalized spacial score (nSPS) is 27.7. The molecule has 0 bridgehead atoms. The Balaban J connectivity index is 1.44. The van der Waals surface area contributed by atoms with Crippen LogP contribution in [0.5, 0.6) is 0 Å². The molecule has 6 heteroatoms. The summed E-state index contributed by atoms with van der Waals surface area (Å²) in [7, 11) is 1.93. The average molecular weight is 313 g/mol. The SMILES string of the molecule is Cn1cc(C2CCCCN2C(=O)C2CC(n3ccnc3)C2)cn1. The monoisotopic (exact) mass is 313 g/mol. The summed E-state index contributed by atoms with van der Waals surface area (Å²) in [6.45, 7) is 0.880. The quantitative estimate of drug-likeness (QED) is 0.874. The molecule has 1 saturated heterocycles. The van der Waals surface area contributed by atoms with Gasteiger partial charge in [0.2, 0.25) is 5.91 Å². The lowest BCUT2D eigenvalue weighted by atomic mass is 9.78. The summed E-state index contributed by atoms with van der Waals surface area (Å²) < 4.78 is 3.95. The van der Waals surface area contributed by atoms with Crippen molar-refractivity contribution in [3.63, 3.8) is 0 Å². The molecule has 122 valence electrons. The van der Waals surface area contributed by atoms with Gasteiger partial charge in [-0.05, 0) is 32.1 Å². The summed E-state index contributed by atoms with van der Waals surface area (Å²) in [5.74, 6) is 0.495. The van der Waals surface area contributed by atoms with Crippen LogP contribution < -0.4 is 0 Å². The van der Waals surface area contributed by atoms with Crippen LogP contribution in [0.15, 0.2) is 31.1 Å². The van der Waals surface area contributed by atoms with Gasteiger partial charge in [0.15, 0.2) is 0 Å². The van der Waals surface area contributed by atoms with Crippen molar-refractivity contribution in [1.82, 2.24) is 24.2 Å². The van der Waals surface area contributed by atoms with Gasteiger partial charge in [-0.15, -0.1) is 0 Å². The van der Waals surface area contributed by atoms with Gasteiger partial charge in [-0.1, -0.05) is 0 Å². The van der Waals surface area contributed by atoms with E-state index in [-0.39, 0.29) is 12.0 Å². The molecular formula is C17H23N5O. The van der Waals surface area contributed by atoms with Crippen LogP contribution in [0.1, 0.15) is 49.8 Å². The third-order valence-electron chi connectivity index (χ3n) is 5.30. The van der Waals surface area contributed by atoms with Crippen LogP contribution in [0, 0.1) is 5.92 Å². The molecule has 0 radical (unpaired) electrons. The molecule has 2 fully saturated rings. The summed E-state index contributed by atoms with van der Waals surface area (Å²) in [4.78, 5) is 19.2. The Morgan fingerprint density at radius 1 is 1.30 bits per heavy atom. The van der Waals surface area contributed by atoms with E-state index in [0.717, 1.165) is 32.2 Å². The van der Waals surface area contributed by atoms with Gasteiger partial charge in [0, 0.05) is 49.7 Å². The molecule has 3 heterocycles. The second kappa shape index (κ2) is 5.83. The highest BCUT2D eigenvalue weighted by Gasteiger charge is 2.40. The minimum absolute atomic E-state index is 0.166. The van der Waals surface area contributed by atoms with Gasteiger partial charge in [0.1, 0.15) is 0 Å². The van der Waals surface area contributed by atoms with Crippen LogP contribution in [0.25, 0.3) is 0 Å². The molecule has 2 aliphatic rings. The number of hydrogen-bond donors (Lipinski definition) is 0. The highest BCUT2D eigenvalue weighted by molar-refractivity contribution is 5.80. The lowest BCUT2D eigenvalue weighted by Gasteiger charge is -2.42. The van der Waals surface area contributed by atoms with Gasteiger partial charge in [-0.2, -0.15) is 5.10 Å². The van der Waals surface area contributed by atoms with Gasteiger partial charge < -0.3 is 9.47 Å². The van der Waals surface area contributed by atoms with Crippen LogP contribution in [0.4, 0.5) is 0 Å². The molecule has 1 aliphatic heterocycles. The number of aromatic nitrogens is 4. The van der Waals surface area contributed by atoms with Crippen molar-refractivity contribution in [1.29, 1.82) is 0 Å². The fourth-order valence-corrected chi connectivity index (χ4v) is 3.91. The molecule has 1 atom stereocenters. The van der Waals surface area contributed by atoms with Gasteiger partial charge in [-0.3, -0.25) is 9.48 Å². The van der Waals surface area contributed by atoms with E-state index in [1.165, 1.54) is 12.0 Å². The molecule has 1 saturated carbocycles. The van der Waals surface area contributed by atoms with Crippen molar-refractivity contribution < 1.29 is 4.79 Å². The molecular weight excluding hydrogens is 290 g/mol. The standard InChI is InChI=1S/C17H23N5O/c1-20-11-14(10-19-20)16-4-2-3-6-22(16)17(23)13-8-15(9-13)21-7-5-18-12-21/h5,7,10-13,15-16H,2-4,6,8-9H2,1H3. The maximum absolute atomic E-state index is 13.0. The predicted octanol–water partition coefficient (Wildman–Crippen LogP) is 2.32. The van der Waals surface area contributed by atoms with Crippen molar-refractivity contribution in [2.75, 3.05) is 6.54 Å². The molecule has 0 aromatic carbocycles. The number of carbonyl (C=O) groups is 1. The molecule has 1 aliphatic carbocycles. The molecule has 1 amide bonds. The van der Waals surface area contributed by atoms with E-state index in [2.05, 4.69) is 19.5 Å². The Bertz CT molecular complexity index is 671. The molecule has 0 spiro atoms. The minimum atomic E-state index is 0.166. The maximum Gasteiger partial charge on any atom is 0.226 e. The van der Waals surface area contributed by atoms with E-state index < -0.39 is 0 Å². The van der Waals surface area contributed by atoms with Crippen LogP contribution >= 0.6 is 0 Å². The second-order valence-electron chi connectivity index (χ2n) is 6.82. The molecule has 2 aromatic rings. The van der Waals surface area contributed by atoms with Gasteiger partial charge in [-0.25, -0.2) is 4.98 Å². The van der Waals surface area contributed by atoms with E-state index in [1.807, 2.05) is 36.6 Å². The first kappa shape index (κ1) is 14.5. The number of amides is 1. The summed E-state index contributed by atoms with van der Waals surface area (Å²) in [6, 6.07) is 0.644. The van der Waals surface area contributed by atoms with E-state index in [0.29, 0.717) is 11.9 Å².